The normalized spacial score (nSPS) is 27.9. The zero-order valence-corrected chi connectivity index (χ0v) is 13.4. The summed E-state index contributed by atoms with van der Waals surface area (Å²) in [5.74, 6) is -1.41. The summed E-state index contributed by atoms with van der Waals surface area (Å²) in [6, 6.07) is 8.11. The van der Waals surface area contributed by atoms with Gasteiger partial charge in [0.25, 0.3) is 0 Å². The van der Waals surface area contributed by atoms with E-state index in [9.17, 15) is 9.59 Å². The number of rotatable bonds is 3. The maximum absolute atomic E-state index is 12.9. The predicted octanol–water partition coefficient (Wildman–Crippen LogP) is 2.40. The Bertz CT molecular complexity index is 583. The van der Waals surface area contributed by atoms with Crippen LogP contribution in [0.15, 0.2) is 24.3 Å². The van der Waals surface area contributed by atoms with Gasteiger partial charge in [-0.1, -0.05) is 29.8 Å². The molecule has 1 N–H and O–H groups in total. The first-order chi connectivity index (χ1) is 11.1. The first-order valence-electron chi connectivity index (χ1n) is 8.26. The van der Waals surface area contributed by atoms with Crippen LogP contribution in [0.25, 0.3) is 0 Å². The molecular weight excluding hydrogens is 294 g/mol. The van der Waals surface area contributed by atoms with Crippen LogP contribution in [0.2, 0.25) is 0 Å². The quantitative estimate of drug-likeness (QED) is 0.929. The van der Waals surface area contributed by atoms with Crippen LogP contribution in [-0.4, -0.2) is 41.6 Å². The Morgan fingerprint density at radius 1 is 1.22 bits per heavy atom. The van der Waals surface area contributed by atoms with E-state index in [2.05, 4.69) is 0 Å². The number of ether oxygens (including phenoxy) is 1. The molecule has 2 heterocycles. The van der Waals surface area contributed by atoms with Crippen LogP contribution in [0.4, 0.5) is 0 Å². The molecule has 0 bridgehead atoms. The van der Waals surface area contributed by atoms with Gasteiger partial charge in [-0.25, -0.2) is 0 Å². The Kier molecular flexibility index (Phi) is 4.66. The molecule has 0 aromatic heterocycles. The van der Waals surface area contributed by atoms with Crippen LogP contribution in [-0.2, 0) is 14.3 Å². The molecular formula is C18H23NO4. The standard InChI is InChI=1S/C18H23NO4/c1-12-4-6-13(7-5-12)16-15(3-2-10-23-16)17(20)19-9-8-14(11-19)18(21)22/h4-7,14-16H,2-3,8-11H2,1H3,(H,21,22)/t14-,15-,16-/m0/s1. The van der Waals surface area contributed by atoms with Gasteiger partial charge >= 0.3 is 5.97 Å². The number of carbonyl (C=O) groups is 2. The highest BCUT2D eigenvalue weighted by molar-refractivity contribution is 5.81. The van der Waals surface area contributed by atoms with Gasteiger partial charge in [-0.2, -0.15) is 0 Å². The van der Waals surface area contributed by atoms with Crippen molar-refractivity contribution in [1.82, 2.24) is 4.90 Å². The van der Waals surface area contributed by atoms with Crippen LogP contribution in [0.1, 0.15) is 36.5 Å². The number of likely N-dealkylation sites (tertiary alicyclic amines) is 1. The molecule has 0 aliphatic carbocycles. The molecule has 5 nitrogen and oxygen atoms in total. The fourth-order valence-electron chi connectivity index (χ4n) is 3.52. The summed E-state index contributed by atoms with van der Waals surface area (Å²) in [6.07, 6.45) is 1.99. The van der Waals surface area contributed by atoms with Crippen molar-refractivity contribution in [3.63, 3.8) is 0 Å². The fourth-order valence-corrected chi connectivity index (χ4v) is 3.52. The number of benzene rings is 1. The van der Waals surface area contributed by atoms with Gasteiger partial charge in [-0.05, 0) is 31.7 Å². The first kappa shape index (κ1) is 16.0. The van der Waals surface area contributed by atoms with E-state index in [0.29, 0.717) is 26.1 Å². The maximum atomic E-state index is 12.9. The zero-order chi connectivity index (χ0) is 16.4. The van der Waals surface area contributed by atoms with Crippen molar-refractivity contribution in [2.75, 3.05) is 19.7 Å². The summed E-state index contributed by atoms with van der Waals surface area (Å²) in [4.78, 5) is 25.7. The fraction of sp³-hybridized carbons (Fsp3) is 0.556. The number of carbonyl (C=O) groups excluding carboxylic acids is 1. The number of hydrogen-bond donors (Lipinski definition) is 1. The Morgan fingerprint density at radius 3 is 2.61 bits per heavy atom. The molecule has 0 spiro atoms. The van der Waals surface area contributed by atoms with E-state index < -0.39 is 11.9 Å². The molecule has 1 aromatic carbocycles. The summed E-state index contributed by atoms with van der Waals surface area (Å²) >= 11 is 0. The van der Waals surface area contributed by atoms with Crippen LogP contribution in [0.5, 0.6) is 0 Å². The van der Waals surface area contributed by atoms with Gasteiger partial charge in [0.05, 0.1) is 17.9 Å². The number of carboxylic acid groups (broad SMARTS) is 1. The molecule has 3 atom stereocenters. The average molecular weight is 317 g/mol. The third-order valence-corrected chi connectivity index (χ3v) is 4.89. The zero-order valence-electron chi connectivity index (χ0n) is 13.4. The largest absolute Gasteiger partial charge is 0.481 e. The van der Waals surface area contributed by atoms with E-state index in [4.69, 9.17) is 9.84 Å². The lowest BCUT2D eigenvalue weighted by atomic mass is 9.88. The van der Waals surface area contributed by atoms with Crippen molar-refractivity contribution in [1.29, 1.82) is 0 Å². The molecule has 1 amide bonds. The van der Waals surface area contributed by atoms with Crippen LogP contribution in [0, 0.1) is 18.8 Å². The second kappa shape index (κ2) is 6.71. The Labute approximate surface area is 136 Å². The lowest BCUT2D eigenvalue weighted by molar-refractivity contribution is -0.145. The van der Waals surface area contributed by atoms with Crippen LogP contribution < -0.4 is 0 Å². The van der Waals surface area contributed by atoms with E-state index in [1.54, 1.807) is 4.90 Å². The number of carboxylic acids is 1. The molecule has 0 saturated carbocycles. The van der Waals surface area contributed by atoms with Gasteiger partial charge in [0.2, 0.25) is 5.91 Å². The van der Waals surface area contributed by atoms with Gasteiger partial charge in [-0.15, -0.1) is 0 Å². The van der Waals surface area contributed by atoms with E-state index in [1.165, 1.54) is 5.56 Å². The van der Waals surface area contributed by atoms with E-state index >= 15 is 0 Å². The minimum Gasteiger partial charge on any atom is -0.481 e. The first-order valence-corrected chi connectivity index (χ1v) is 8.26. The molecule has 2 aliphatic rings. The van der Waals surface area contributed by atoms with Crippen molar-refractivity contribution in [3.8, 4) is 0 Å². The van der Waals surface area contributed by atoms with Crippen molar-refractivity contribution in [2.24, 2.45) is 11.8 Å². The van der Waals surface area contributed by atoms with Crippen molar-refractivity contribution in [2.45, 2.75) is 32.3 Å². The molecule has 124 valence electrons. The minimum atomic E-state index is -0.810. The molecule has 23 heavy (non-hydrogen) atoms. The van der Waals surface area contributed by atoms with Gasteiger partial charge in [-0.3, -0.25) is 9.59 Å². The second-order valence-corrected chi connectivity index (χ2v) is 6.56. The summed E-state index contributed by atoms with van der Waals surface area (Å²) in [5.41, 5.74) is 2.21. The highest BCUT2D eigenvalue weighted by Crippen LogP contribution is 2.36. The molecule has 0 radical (unpaired) electrons. The number of hydrogen-bond acceptors (Lipinski definition) is 3. The van der Waals surface area contributed by atoms with Crippen molar-refractivity contribution in [3.05, 3.63) is 35.4 Å². The Morgan fingerprint density at radius 2 is 1.96 bits per heavy atom. The summed E-state index contributed by atoms with van der Waals surface area (Å²) in [6.45, 7) is 3.56. The van der Waals surface area contributed by atoms with Crippen LogP contribution >= 0.6 is 0 Å². The van der Waals surface area contributed by atoms with E-state index in [0.717, 1.165) is 18.4 Å². The molecule has 2 fully saturated rings. The molecule has 5 heteroatoms. The average Bonchev–Trinajstić information content (AvgIpc) is 3.05. The smallest absolute Gasteiger partial charge is 0.308 e. The Balaban J connectivity index is 1.75. The molecule has 2 saturated heterocycles. The van der Waals surface area contributed by atoms with Crippen LogP contribution in [0.3, 0.4) is 0 Å². The van der Waals surface area contributed by atoms with E-state index in [-0.39, 0.29) is 17.9 Å². The van der Waals surface area contributed by atoms with Gasteiger partial charge < -0.3 is 14.7 Å². The molecule has 1 aromatic rings. The number of amides is 1. The molecule has 2 aliphatic heterocycles. The summed E-state index contributed by atoms with van der Waals surface area (Å²) < 4.78 is 5.91. The van der Waals surface area contributed by atoms with Crippen molar-refractivity contribution < 1.29 is 19.4 Å². The molecule has 0 unspecified atom stereocenters. The van der Waals surface area contributed by atoms with Crippen molar-refractivity contribution >= 4 is 11.9 Å². The number of aliphatic carboxylic acids is 1. The summed E-state index contributed by atoms with van der Waals surface area (Å²) in [7, 11) is 0. The van der Waals surface area contributed by atoms with Gasteiger partial charge in [0.15, 0.2) is 0 Å². The highest BCUT2D eigenvalue weighted by Gasteiger charge is 2.39. The van der Waals surface area contributed by atoms with Gasteiger partial charge in [0, 0.05) is 19.7 Å². The lowest BCUT2D eigenvalue weighted by Gasteiger charge is -2.33. The number of nitrogens with zero attached hydrogens (tertiary/aromatic N) is 1. The SMILES string of the molecule is Cc1ccc([C@@H]2OCCC[C@@H]2C(=O)N2CC[C@H](C(=O)O)C2)cc1. The maximum Gasteiger partial charge on any atom is 0.308 e. The highest BCUT2D eigenvalue weighted by atomic mass is 16.5. The third kappa shape index (κ3) is 3.39. The lowest BCUT2D eigenvalue weighted by Crippen LogP contribution is -2.40. The Hall–Kier alpha value is -1.88. The monoisotopic (exact) mass is 317 g/mol. The second-order valence-electron chi connectivity index (χ2n) is 6.56. The molecule has 3 rings (SSSR count). The predicted molar refractivity (Wildman–Crippen MR) is 84.9 cm³/mol. The van der Waals surface area contributed by atoms with Gasteiger partial charge in [0.1, 0.15) is 0 Å². The van der Waals surface area contributed by atoms with E-state index in [1.807, 2.05) is 31.2 Å². The summed E-state index contributed by atoms with van der Waals surface area (Å²) in [5, 5.41) is 9.12. The third-order valence-electron chi connectivity index (χ3n) is 4.89. The minimum absolute atomic E-state index is 0.0408. The number of aryl methyl sites for hydroxylation is 1. The topological polar surface area (TPSA) is 66.8 Å².